The molecule has 0 saturated carbocycles. The molecule has 0 aliphatic carbocycles. The molecule has 0 bridgehead atoms. The maximum Gasteiger partial charge on any atom is 0.251 e. The fourth-order valence-corrected chi connectivity index (χ4v) is 3.93. The molecule has 37 heavy (non-hydrogen) atoms. The molecule has 0 saturated heterocycles. The summed E-state index contributed by atoms with van der Waals surface area (Å²) in [5.41, 5.74) is 3.59. The van der Waals surface area contributed by atoms with Gasteiger partial charge >= 0.3 is 0 Å². The summed E-state index contributed by atoms with van der Waals surface area (Å²) in [7, 11) is 0. The number of imidazole rings is 1. The maximum atomic E-state index is 13.6. The lowest BCUT2D eigenvalue weighted by Crippen LogP contribution is -2.24. The number of amides is 1. The number of aromatic nitrogens is 4. The lowest BCUT2D eigenvalue weighted by atomic mass is 10.1. The van der Waals surface area contributed by atoms with Crippen molar-refractivity contribution in [3.63, 3.8) is 0 Å². The first-order chi connectivity index (χ1) is 18.0. The zero-order chi connectivity index (χ0) is 25.6. The maximum absolute atomic E-state index is 13.6. The van der Waals surface area contributed by atoms with E-state index in [2.05, 4.69) is 20.3 Å². The summed E-state index contributed by atoms with van der Waals surface area (Å²) in [6.45, 7) is 0.769. The number of aromatic amines is 1. The Kier molecular flexibility index (Phi) is 7.37. The van der Waals surface area contributed by atoms with E-state index in [0.29, 0.717) is 45.3 Å². The van der Waals surface area contributed by atoms with E-state index in [1.807, 2.05) is 12.1 Å². The molecule has 2 heterocycles. The van der Waals surface area contributed by atoms with Gasteiger partial charge in [0, 0.05) is 41.5 Å². The number of carbonyl (C=O) groups is 1. The van der Waals surface area contributed by atoms with E-state index < -0.39 is 0 Å². The lowest BCUT2D eigenvalue weighted by molar-refractivity contribution is 0.0953. The van der Waals surface area contributed by atoms with Gasteiger partial charge in [0.1, 0.15) is 23.9 Å². The van der Waals surface area contributed by atoms with Crippen molar-refractivity contribution in [2.45, 2.75) is 19.4 Å². The molecular weight excluding hydrogens is 493 g/mol. The molecule has 5 rings (SSSR count). The van der Waals surface area contributed by atoms with Gasteiger partial charge in [-0.05, 0) is 66.6 Å². The molecular formula is C28H23ClFN5O2. The van der Waals surface area contributed by atoms with Gasteiger partial charge in [0.25, 0.3) is 5.91 Å². The number of halogens is 2. The highest BCUT2D eigenvalue weighted by atomic mass is 35.5. The number of fused-ring (bicyclic) bond motifs is 1. The average molecular weight is 516 g/mol. The quantitative estimate of drug-likeness (QED) is 0.244. The van der Waals surface area contributed by atoms with Crippen LogP contribution in [0.15, 0.2) is 79.1 Å². The molecule has 2 N–H and O–H groups in total. The molecule has 0 aliphatic rings. The zero-order valence-electron chi connectivity index (χ0n) is 19.7. The SMILES string of the molecule is O=C(NCCCc1ncc[nH]1)c1ccc2nc(OCc3ccc(Cl)cc3)c(-c3ccc(F)cc3)nc2c1. The fraction of sp³-hybridized carbons (Fsp3) is 0.143. The van der Waals surface area contributed by atoms with E-state index in [1.54, 1.807) is 54.9 Å². The molecule has 2 aromatic heterocycles. The van der Waals surface area contributed by atoms with Crippen LogP contribution in [0.1, 0.15) is 28.2 Å². The molecule has 9 heteroatoms. The van der Waals surface area contributed by atoms with E-state index in [4.69, 9.17) is 21.3 Å². The third-order valence-electron chi connectivity index (χ3n) is 5.73. The lowest BCUT2D eigenvalue weighted by Gasteiger charge is -2.12. The number of nitrogens with zero attached hydrogens (tertiary/aromatic N) is 3. The number of carbonyl (C=O) groups excluding carboxylic acids is 1. The molecule has 0 atom stereocenters. The van der Waals surface area contributed by atoms with Gasteiger partial charge in [0.05, 0.1) is 11.0 Å². The van der Waals surface area contributed by atoms with Crippen LogP contribution in [-0.2, 0) is 13.0 Å². The van der Waals surface area contributed by atoms with Crippen LogP contribution in [0.5, 0.6) is 5.88 Å². The number of nitrogens with one attached hydrogen (secondary N) is 2. The first-order valence-electron chi connectivity index (χ1n) is 11.8. The number of hydrogen-bond donors (Lipinski definition) is 2. The minimum absolute atomic E-state index is 0.199. The second kappa shape index (κ2) is 11.2. The van der Waals surface area contributed by atoms with Crippen LogP contribution >= 0.6 is 11.6 Å². The minimum Gasteiger partial charge on any atom is -0.471 e. The van der Waals surface area contributed by atoms with Crippen molar-refractivity contribution >= 4 is 28.5 Å². The van der Waals surface area contributed by atoms with Crippen LogP contribution in [-0.4, -0.2) is 32.4 Å². The van der Waals surface area contributed by atoms with Gasteiger partial charge in [0.15, 0.2) is 0 Å². The predicted molar refractivity (Wildman–Crippen MR) is 140 cm³/mol. The Hall–Kier alpha value is -4.30. The van der Waals surface area contributed by atoms with Crippen LogP contribution in [0.2, 0.25) is 5.02 Å². The molecule has 0 fully saturated rings. The number of ether oxygens (including phenoxy) is 1. The molecule has 0 aliphatic heterocycles. The molecule has 3 aromatic carbocycles. The van der Waals surface area contributed by atoms with E-state index in [-0.39, 0.29) is 18.3 Å². The van der Waals surface area contributed by atoms with Crippen molar-refractivity contribution in [3.05, 3.63) is 107 Å². The van der Waals surface area contributed by atoms with Gasteiger partial charge in [-0.3, -0.25) is 4.79 Å². The number of hydrogen-bond acceptors (Lipinski definition) is 5. The van der Waals surface area contributed by atoms with Crippen molar-refractivity contribution in [3.8, 4) is 17.1 Å². The average Bonchev–Trinajstić information content (AvgIpc) is 3.44. The van der Waals surface area contributed by atoms with E-state index >= 15 is 0 Å². The second-order valence-corrected chi connectivity index (χ2v) is 8.83. The monoisotopic (exact) mass is 515 g/mol. The third kappa shape index (κ3) is 6.10. The number of H-pyrrole nitrogens is 1. The van der Waals surface area contributed by atoms with Gasteiger partial charge in [-0.2, -0.15) is 0 Å². The topological polar surface area (TPSA) is 92.8 Å². The largest absolute Gasteiger partial charge is 0.471 e. The normalized spacial score (nSPS) is 11.0. The van der Waals surface area contributed by atoms with Gasteiger partial charge in [-0.15, -0.1) is 0 Å². The van der Waals surface area contributed by atoms with Crippen molar-refractivity contribution in [2.24, 2.45) is 0 Å². The smallest absolute Gasteiger partial charge is 0.251 e. The van der Waals surface area contributed by atoms with Gasteiger partial charge in [-0.1, -0.05) is 23.7 Å². The summed E-state index contributed by atoms with van der Waals surface area (Å²) >= 11 is 5.98. The molecule has 0 unspecified atom stereocenters. The van der Waals surface area contributed by atoms with Gasteiger partial charge in [0.2, 0.25) is 5.88 Å². The van der Waals surface area contributed by atoms with Crippen molar-refractivity contribution in [2.75, 3.05) is 6.54 Å². The van der Waals surface area contributed by atoms with E-state index in [9.17, 15) is 9.18 Å². The molecule has 0 spiro atoms. The molecule has 0 radical (unpaired) electrons. The molecule has 186 valence electrons. The van der Waals surface area contributed by atoms with Crippen LogP contribution < -0.4 is 10.1 Å². The molecule has 1 amide bonds. The Morgan fingerprint density at radius 2 is 1.81 bits per heavy atom. The Labute approximate surface area is 217 Å². The van der Waals surface area contributed by atoms with E-state index in [1.165, 1.54) is 12.1 Å². The summed E-state index contributed by atoms with van der Waals surface area (Å²) in [5, 5.41) is 3.57. The first kappa shape index (κ1) is 24.4. The molecule has 7 nitrogen and oxygen atoms in total. The number of aryl methyl sites for hydroxylation is 1. The van der Waals surface area contributed by atoms with Gasteiger partial charge in [-0.25, -0.2) is 19.3 Å². The van der Waals surface area contributed by atoms with Crippen LogP contribution in [0.4, 0.5) is 4.39 Å². The highest BCUT2D eigenvalue weighted by Crippen LogP contribution is 2.30. The third-order valence-corrected chi connectivity index (χ3v) is 5.98. The van der Waals surface area contributed by atoms with Crippen molar-refractivity contribution in [1.82, 2.24) is 25.3 Å². The Morgan fingerprint density at radius 1 is 1.00 bits per heavy atom. The zero-order valence-corrected chi connectivity index (χ0v) is 20.5. The molecule has 5 aromatic rings. The summed E-state index contributed by atoms with van der Waals surface area (Å²) in [6, 6.07) is 18.4. The van der Waals surface area contributed by atoms with E-state index in [0.717, 1.165) is 24.2 Å². The summed E-state index contributed by atoms with van der Waals surface area (Å²) < 4.78 is 19.6. The Balaban J connectivity index is 1.38. The van der Waals surface area contributed by atoms with Crippen LogP contribution in [0, 0.1) is 5.82 Å². The van der Waals surface area contributed by atoms with Gasteiger partial charge < -0.3 is 15.0 Å². The fourth-order valence-electron chi connectivity index (χ4n) is 3.80. The second-order valence-electron chi connectivity index (χ2n) is 8.40. The predicted octanol–water partition coefficient (Wildman–Crippen LogP) is 5.75. The summed E-state index contributed by atoms with van der Waals surface area (Å²) in [4.78, 5) is 29.4. The minimum atomic E-state index is -0.355. The van der Waals surface area contributed by atoms with Crippen molar-refractivity contribution in [1.29, 1.82) is 0 Å². The van der Waals surface area contributed by atoms with Crippen LogP contribution in [0.3, 0.4) is 0 Å². The number of benzene rings is 3. The Bertz CT molecular complexity index is 1510. The summed E-state index contributed by atoms with van der Waals surface area (Å²) in [5.74, 6) is 0.642. The highest BCUT2D eigenvalue weighted by Gasteiger charge is 2.15. The van der Waals surface area contributed by atoms with Crippen LogP contribution in [0.25, 0.3) is 22.3 Å². The highest BCUT2D eigenvalue weighted by molar-refractivity contribution is 6.30. The number of rotatable bonds is 9. The van der Waals surface area contributed by atoms with Crippen molar-refractivity contribution < 1.29 is 13.9 Å². The first-order valence-corrected chi connectivity index (χ1v) is 12.1. The summed E-state index contributed by atoms with van der Waals surface area (Å²) in [6.07, 6.45) is 4.99. The standard InChI is InChI=1S/C28H23ClFN5O2/c29-21-8-3-18(4-9-21)17-37-28-26(19-5-10-22(30)11-6-19)34-24-16-20(7-12-23(24)35-28)27(36)33-13-1-2-25-31-14-15-32-25/h3-12,14-16H,1-2,13,17H2,(H,31,32)(H,33,36). The Morgan fingerprint density at radius 3 is 2.57 bits per heavy atom.